The molecule has 0 saturated carbocycles. The number of rotatable bonds is 1. The molecule has 0 bridgehead atoms. The SMILES string of the molecule is C#Cc1ccc(-c2cccc(F)c2F)cc1C(F)(F)F. The van der Waals surface area contributed by atoms with Gasteiger partial charge in [0.25, 0.3) is 0 Å². The van der Waals surface area contributed by atoms with Crippen molar-refractivity contribution in [2.45, 2.75) is 6.18 Å². The molecule has 0 radical (unpaired) electrons. The third-order valence-electron chi connectivity index (χ3n) is 2.74. The van der Waals surface area contributed by atoms with Crippen molar-refractivity contribution in [2.75, 3.05) is 0 Å². The second kappa shape index (κ2) is 4.97. The fourth-order valence-corrected chi connectivity index (χ4v) is 1.80. The van der Waals surface area contributed by atoms with Crippen LogP contribution in [0.5, 0.6) is 0 Å². The second-order valence-corrected chi connectivity index (χ2v) is 4.00. The molecule has 0 heterocycles. The Balaban J connectivity index is 2.66. The smallest absolute Gasteiger partial charge is 0.204 e. The van der Waals surface area contributed by atoms with Crippen LogP contribution in [-0.4, -0.2) is 0 Å². The molecule has 0 saturated heterocycles. The lowest BCUT2D eigenvalue weighted by atomic mass is 9.98. The van der Waals surface area contributed by atoms with E-state index in [0.29, 0.717) is 6.07 Å². The van der Waals surface area contributed by atoms with Gasteiger partial charge in [-0.3, -0.25) is 0 Å². The Labute approximate surface area is 111 Å². The lowest BCUT2D eigenvalue weighted by Crippen LogP contribution is -2.08. The highest BCUT2D eigenvalue weighted by Gasteiger charge is 2.33. The van der Waals surface area contributed by atoms with Gasteiger partial charge in [-0.2, -0.15) is 13.2 Å². The van der Waals surface area contributed by atoms with Crippen molar-refractivity contribution < 1.29 is 22.0 Å². The Morgan fingerprint density at radius 1 is 1.00 bits per heavy atom. The summed E-state index contributed by atoms with van der Waals surface area (Å²) in [5, 5.41) is 0. The van der Waals surface area contributed by atoms with E-state index in [1.165, 1.54) is 18.2 Å². The van der Waals surface area contributed by atoms with Gasteiger partial charge in [-0.1, -0.05) is 24.1 Å². The number of alkyl halides is 3. The first-order chi connectivity index (χ1) is 9.34. The number of hydrogen-bond acceptors (Lipinski definition) is 0. The predicted octanol–water partition coefficient (Wildman–Crippen LogP) is 4.63. The first kappa shape index (κ1) is 14.1. The van der Waals surface area contributed by atoms with Crippen LogP contribution in [0.15, 0.2) is 36.4 Å². The Bertz CT molecular complexity index is 692. The summed E-state index contributed by atoms with van der Waals surface area (Å²) >= 11 is 0. The van der Waals surface area contributed by atoms with E-state index in [4.69, 9.17) is 6.42 Å². The van der Waals surface area contributed by atoms with E-state index in [-0.39, 0.29) is 16.7 Å². The third kappa shape index (κ3) is 2.50. The molecule has 0 spiro atoms. The lowest BCUT2D eigenvalue weighted by molar-refractivity contribution is -0.137. The van der Waals surface area contributed by atoms with Gasteiger partial charge in [-0.25, -0.2) is 8.78 Å². The second-order valence-electron chi connectivity index (χ2n) is 4.00. The van der Waals surface area contributed by atoms with Gasteiger partial charge in [-0.15, -0.1) is 6.42 Å². The molecular weight excluding hydrogens is 275 g/mol. The molecule has 102 valence electrons. The van der Waals surface area contributed by atoms with Crippen molar-refractivity contribution >= 4 is 0 Å². The number of hydrogen-bond donors (Lipinski definition) is 0. The molecule has 0 unspecified atom stereocenters. The molecule has 0 N–H and O–H groups in total. The number of halogens is 5. The van der Waals surface area contributed by atoms with Crippen molar-refractivity contribution in [1.82, 2.24) is 0 Å². The Kier molecular flexibility index (Phi) is 3.49. The molecule has 2 aromatic carbocycles. The molecule has 0 fully saturated rings. The first-order valence-corrected chi connectivity index (χ1v) is 5.47. The van der Waals surface area contributed by atoms with Crippen LogP contribution >= 0.6 is 0 Å². The lowest BCUT2D eigenvalue weighted by Gasteiger charge is -2.12. The molecular formula is C15H7F5. The molecule has 0 aromatic heterocycles. The molecule has 2 aromatic rings. The van der Waals surface area contributed by atoms with Crippen LogP contribution in [0.1, 0.15) is 11.1 Å². The molecule has 0 amide bonds. The summed E-state index contributed by atoms with van der Waals surface area (Å²) < 4.78 is 65.3. The molecule has 0 aliphatic carbocycles. The molecule has 5 heteroatoms. The summed E-state index contributed by atoms with van der Waals surface area (Å²) in [5.74, 6) is -0.409. The Morgan fingerprint density at radius 3 is 2.30 bits per heavy atom. The minimum absolute atomic E-state index is 0.0895. The molecule has 0 atom stereocenters. The highest BCUT2D eigenvalue weighted by molar-refractivity contribution is 5.67. The van der Waals surface area contributed by atoms with Crippen LogP contribution in [0.25, 0.3) is 11.1 Å². The summed E-state index contributed by atoms with van der Waals surface area (Å²) in [6.07, 6.45) is 0.341. The zero-order valence-electron chi connectivity index (χ0n) is 9.93. The minimum Gasteiger partial charge on any atom is -0.204 e. The van der Waals surface area contributed by atoms with Crippen LogP contribution in [0.4, 0.5) is 22.0 Å². The fourth-order valence-electron chi connectivity index (χ4n) is 1.80. The van der Waals surface area contributed by atoms with Gasteiger partial charge in [0.2, 0.25) is 0 Å². The number of benzene rings is 2. The van der Waals surface area contributed by atoms with E-state index < -0.39 is 23.4 Å². The molecule has 0 aliphatic heterocycles. The van der Waals surface area contributed by atoms with Crippen LogP contribution in [-0.2, 0) is 6.18 Å². The first-order valence-electron chi connectivity index (χ1n) is 5.47. The zero-order valence-corrected chi connectivity index (χ0v) is 9.93. The van der Waals surface area contributed by atoms with Gasteiger partial charge < -0.3 is 0 Å². The number of terminal acetylenes is 1. The summed E-state index contributed by atoms with van der Waals surface area (Å²) in [6.45, 7) is 0. The maximum atomic E-state index is 13.6. The van der Waals surface area contributed by atoms with Crippen LogP contribution < -0.4 is 0 Å². The van der Waals surface area contributed by atoms with Gasteiger partial charge in [-0.05, 0) is 23.8 Å². The zero-order chi connectivity index (χ0) is 14.9. The Morgan fingerprint density at radius 2 is 1.70 bits per heavy atom. The highest BCUT2D eigenvalue weighted by atomic mass is 19.4. The summed E-state index contributed by atoms with van der Waals surface area (Å²) in [7, 11) is 0. The summed E-state index contributed by atoms with van der Waals surface area (Å²) in [5.41, 5.74) is -1.74. The van der Waals surface area contributed by atoms with Gasteiger partial charge in [0.05, 0.1) is 5.56 Å². The third-order valence-corrected chi connectivity index (χ3v) is 2.74. The van der Waals surface area contributed by atoms with Crippen molar-refractivity contribution in [1.29, 1.82) is 0 Å². The standard InChI is InChI=1S/C15H7F5/c1-2-9-6-7-10(8-12(9)15(18,19)20)11-4-3-5-13(16)14(11)17/h1,3-8H. The largest absolute Gasteiger partial charge is 0.417 e. The van der Waals surface area contributed by atoms with Crippen LogP contribution in [0.2, 0.25) is 0 Å². The van der Waals surface area contributed by atoms with Crippen molar-refractivity contribution in [3.05, 3.63) is 59.2 Å². The maximum Gasteiger partial charge on any atom is 0.417 e. The average molecular weight is 282 g/mol. The maximum absolute atomic E-state index is 13.6. The van der Waals surface area contributed by atoms with E-state index in [9.17, 15) is 22.0 Å². The minimum atomic E-state index is -4.67. The molecule has 2 rings (SSSR count). The van der Waals surface area contributed by atoms with E-state index in [0.717, 1.165) is 12.1 Å². The van der Waals surface area contributed by atoms with Crippen molar-refractivity contribution in [2.24, 2.45) is 0 Å². The van der Waals surface area contributed by atoms with Crippen LogP contribution in [0, 0.1) is 24.0 Å². The van der Waals surface area contributed by atoms with Gasteiger partial charge >= 0.3 is 6.18 Å². The van der Waals surface area contributed by atoms with Crippen molar-refractivity contribution in [3.8, 4) is 23.5 Å². The monoisotopic (exact) mass is 282 g/mol. The van der Waals surface area contributed by atoms with E-state index in [2.05, 4.69) is 0 Å². The van der Waals surface area contributed by atoms with Gasteiger partial charge in [0.1, 0.15) is 0 Å². The van der Waals surface area contributed by atoms with E-state index >= 15 is 0 Å². The van der Waals surface area contributed by atoms with Gasteiger partial charge in [0, 0.05) is 11.1 Å². The Hall–Kier alpha value is -2.35. The fraction of sp³-hybridized carbons (Fsp3) is 0.0667. The summed E-state index contributed by atoms with van der Waals surface area (Å²) in [4.78, 5) is 0. The van der Waals surface area contributed by atoms with Crippen molar-refractivity contribution in [3.63, 3.8) is 0 Å². The highest BCUT2D eigenvalue weighted by Crippen LogP contribution is 2.35. The molecule has 0 aliphatic rings. The quantitative estimate of drug-likeness (QED) is 0.528. The summed E-state index contributed by atoms with van der Waals surface area (Å²) in [6, 6.07) is 6.30. The van der Waals surface area contributed by atoms with Crippen LogP contribution in [0.3, 0.4) is 0 Å². The average Bonchev–Trinajstić information content (AvgIpc) is 2.40. The normalized spacial score (nSPS) is 11.2. The van der Waals surface area contributed by atoms with Gasteiger partial charge in [0.15, 0.2) is 11.6 Å². The molecule has 20 heavy (non-hydrogen) atoms. The predicted molar refractivity (Wildman–Crippen MR) is 64.7 cm³/mol. The molecule has 0 nitrogen and oxygen atoms in total. The van der Waals surface area contributed by atoms with E-state index in [1.54, 1.807) is 0 Å². The van der Waals surface area contributed by atoms with E-state index in [1.807, 2.05) is 5.92 Å². The topological polar surface area (TPSA) is 0 Å².